The Morgan fingerprint density at radius 3 is 1.85 bits per heavy atom. The number of hydrogen-bond donors (Lipinski definition) is 1. The summed E-state index contributed by atoms with van der Waals surface area (Å²) < 4.78 is 92.1. The standard InChI is InChI=1S/C8H10F6NO4P/c9-7(10,11)3-18-20(17,19-4-8(12,13)14)5-1-2-15-6(5)16/h5H,1-4H2,(H,15,16). The highest BCUT2D eigenvalue weighted by molar-refractivity contribution is 7.55. The van der Waals surface area contributed by atoms with E-state index in [9.17, 15) is 35.7 Å². The van der Waals surface area contributed by atoms with Gasteiger partial charge >= 0.3 is 19.9 Å². The molecule has 0 aromatic heterocycles. The van der Waals surface area contributed by atoms with Gasteiger partial charge in [-0.1, -0.05) is 0 Å². The summed E-state index contributed by atoms with van der Waals surface area (Å²) in [6.45, 7) is -4.16. The van der Waals surface area contributed by atoms with Crippen molar-refractivity contribution in [3.05, 3.63) is 0 Å². The second-order valence-corrected chi connectivity index (χ2v) is 6.13. The monoisotopic (exact) mass is 329 g/mol. The van der Waals surface area contributed by atoms with Crippen LogP contribution in [0.15, 0.2) is 0 Å². The number of nitrogens with one attached hydrogen (secondary N) is 1. The third kappa shape index (κ3) is 5.29. The molecule has 0 bridgehead atoms. The number of rotatable bonds is 5. The fourth-order valence-electron chi connectivity index (χ4n) is 1.43. The van der Waals surface area contributed by atoms with Crippen LogP contribution >= 0.6 is 7.60 Å². The lowest BCUT2D eigenvalue weighted by Crippen LogP contribution is -2.28. The van der Waals surface area contributed by atoms with E-state index in [1.165, 1.54) is 0 Å². The van der Waals surface area contributed by atoms with Crippen LogP contribution in [0.25, 0.3) is 0 Å². The number of amides is 1. The van der Waals surface area contributed by atoms with Crippen LogP contribution in [-0.2, 0) is 18.4 Å². The highest BCUT2D eigenvalue weighted by Gasteiger charge is 2.48. The van der Waals surface area contributed by atoms with Crippen LogP contribution in [0.3, 0.4) is 0 Å². The molecular weight excluding hydrogens is 319 g/mol. The maximum absolute atomic E-state index is 12.0. The van der Waals surface area contributed by atoms with E-state index in [0.29, 0.717) is 0 Å². The molecule has 0 spiro atoms. The molecule has 5 nitrogen and oxygen atoms in total. The Bertz CT molecular complexity index is 387. The Morgan fingerprint density at radius 1 is 1.10 bits per heavy atom. The molecule has 0 aliphatic carbocycles. The first-order valence-electron chi connectivity index (χ1n) is 5.23. The third-order valence-electron chi connectivity index (χ3n) is 2.22. The van der Waals surface area contributed by atoms with E-state index in [-0.39, 0.29) is 13.0 Å². The van der Waals surface area contributed by atoms with Gasteiger partial charge in [0.15, 0.2) is 13.2 Å². The third-order valence-corrected chi connectivity index (χ3v) is 4.45. The minimum Gasteiger partial charge on any atom is -0.355 e. The minimum absolute atomic E-state index is 0.0295. The van der Waals surface area contributed by atoms with Crippen LogP contribution in [-0.4, -0.2) is 43.7 Å². The van der Waals surface area contributed by atoms with Crippen molar-refractivity contribution < 1.29 is 44.7 Å². The average Bonchev–Trinajstić information content (AvgIpc) is 2.69. The first-order chi connectivity index (χ1) is 8.93. The van der Waals surface area contributed by atoms with Crippen molar-refractivity contribution in [2.24, 2.45) is 0 Å². The van der Waals surface area contributed by atoms with Crippen molar-refractivity contribution in [2.75, 3.05) is 19.8 Å². The lowest BCUT2D eigenvalue weighted by atomic mass is 10.4. The SMILES string of the molecule is O=C1NCCC1P(=O)(OCC(F)(F)F)OCC(F)(F)F. The van der Waals surface area contributed by atoms with E-state index in [1.807, 2.05) is 0 Å². The maximum atomic E-state index is 12.0. The normalized spacial score (nSPS) is 21.1. The van der Waals surface area contributed by atoms with Crippen molar-refractivity contribution in [1.29, 1.82) is 0 Å². The van der Waals surface area contributed by atoms with E-state index in [4.69, 9.17) is 0 Å². The molecule has 20 heavy (non-hydrogen) atoms. The van der Waals surface area contributed by atoms with Crippen molar-refractivity contribution in [3.8, 4) is 0 Å². The number of carbonyl (C=O) groups is 1. The van der Waals surface area contributed by atoms with E-state index in [0.717, 1.165) is 0 Å². The molecule has 0 aromatic carbocycles. The van der Waals surface area contributed by atoms with Crippen LogP contribution in [0.1, 0.15) is 6.42 Å². The average molecular weight is 329 g/mol. The van der Waals surface area contributed by atoms with E-state index in [1.54, 1.807) is 0 Å². The van der Waals surface area contributed by atoms with Gasteiger partial charge in [-0.2, -0.15) is 26.3 Å². The summed E-state index contributed by atoms with van der Waals surface area (Å²) >= 11 is 0. The molecule has 1 aliphatic heterocycles. The summed E-state index contributed by atoms with van der Waals surface area (Å²) in [7, 11) is -4.87. The number of hydrogen-bond acceptors (Lipinski definition) is 4. The molecule has 118 valence electrons. The molecule has 1 unspecified atom stereocenters. The fraction of sp³-hybridized carbons (Fsp3) is 0.875. The topological polar surface area (TPSA) is 64.6 Å². The molecule has 1 rings (SSSR count). The number of alkyl halides is 6. The van der Waals surface area contributed by atoms with Gasteiger partial charge in [-0.05, 0) is 6.42 Å². The summed E-state index contributed by atoms with van der Waals surface area (Å²) in [6, 6.07) is 0. The first kappa shape index (κ1) is 17.3. The summed E-state index contributed by atoms with van der Waals surface area (Å²) in [5.74, 6) is -0.960. The van der Waals surface area contributed by atoms with Gasteiger partial charge in [0, 0.05) is 6.54 Å². The van der Waals surface area contributed by atoms with Crippen LogP contribution in [0, 0.1) is 0 Å². The second kappa shape index (κ2) is 5.90. The smallest absolute Gasteiger partial charge is 0.355 e. The van der Waals surface area contributed by atoms with Gasteiger partial charge in [0.05, 0.1) is 0 Å². The molecular formula is C8H10F6NO4P. The largest absolute Gasteiger partial charge is 0.412 e. The van der Waals surface area contributed by atoms with E-state index in [2.05, 4.69) is 14.4 Å². The summed E-state index contributed by atoms with van der Waals surface area (Å²) in [6.07, 6.45) is -10.1. The van der Waals surface area contributed by atoms with Gasteiger partial charge in [0.1, 0.15) is 5.66 Å². The molecule has 1 atom stereocenters. The fourth-order valence-corrected chi connectivity index (χ4v) is 3.34. The van der Waals surface area contributed by atoms with Crippen molar-refractivity contribution in [3.63, 3.8) is 0 Å². The van der Waals surface area contributed by atoms with E-state index >= 15 is 0 Å². The molecule has 1 saturated heterocycles. The Morgan fingerprint density at radius 2 is 1.55 bits per heavy atom. The Balaban J connectivity index is 2.82. The lowest BCUT2D eigenvalue weighted by Gasteiger charge is -2.23. The zero-order chi connectivity index (χ0) is 15.6. The molecule has 1 amide bonds. The van der Waals surface area contributed by atoms with Crippen LogP contribution in [0.4, 0.5) is 26.3 Å². The Labute approximate surface area is 109 Å². The first-order valence-corrected chi connectivity index (χ1v) is 6.84. The van der Waals surface area contributed by atoms with Crippen molar-refractivity contribution >= 4 is 13.5 Å². The molecule has 1 aliphatic rings. The summed E-state index contributed by atoms with van der Waals surface area (Å²) in [5, 5.41) is 2.14. The van der Waals surface area contributed by atoms with Crippen molar-refractivity contribution in [1.82, 2.24) is 5.32 Å². The predicted molar refractivity (Wildman–Crippen MR) is 53.0 cm³/mol. The van der Waals surface area contributed by atoms with Gasteiger partial charge in [0.2, 0.25) is 5.91 Å². The van der Waals surface area contributed by atoms with Gasteiger partial charge in [0.25, 0.3) is 0 Å². The van der Waals surface area contributed by atoms with Gasteiger partial charge in [-0.3, -0.25) is 18.4 Å². The summed E-state index contributed by atoms with van der Waals surface area (Å²) in [5.41, 5.74) is -1.67. The zero-order valence-corrected chi connectivity index (χ0v) is 10.6. The molecule has 0 aromatic rings. The molecule has 1 heterocycles. The molecule has 12 heteroatoms. The quantitative estimate of drug-likeness (QED) is 0.621. The number of halogens is 6. The van der Waals surface area contributed by atoms with E-state index < -0.39 is 44.7 Å². The molecule has 1 N–H and O–H groups in total. The highest BCUT2D eigenvalue weighted by atomic mass is 31.2. The molecule has 0 saturated carbocycles. The number of carbonyl (C=O) groups excluding carboxylic acids is 1. The van der Waals surface area contributed by atoms with Crippen LogP contribution in [0.5, 0.6) is 0 Å². The van der Waals surface area contributed by atoms with Crippen LogP contribution in [0.2, 0.25) is 0 Å². The lowest BCUT2D eigenvalue weighted by molar-refractivity contribution is -0.166. The van der Waals surface area contributed by atoms with Crippen LogP contribution < -0.4 is 5.32 Å². The second-order valence-electron chi connectivity index (χ2n) is 3.91. The highest BCUT2D eigenvalue weighted by Crippen LogP contribution is 2.56. The zero-order valence-electron chi connectivity index (χ0n) is 9.75. The van der Waals surface area contributed by atoms with Gasteiger partial charge in [-0.15, -0.1) is 0 Å². The maximum Gasteiger partial charge on any atom is 0.412 e. The Hall–Kier alpha value is -0.800. The molecule has 0 radical (unpaired) electrons. The van der Waals surface area contributed by atoms with Gasteiger partial charge in [-0.25, -0.2) is 0 Å². The predicted octanol–water partition coefficient (Wildman–Crippen LogP) is 2.23. The Kier molecular flexibility index (Phi) is 5.09. The van der Waals surface area contributed by atoms with Crippen molar-refractivity contribution in [2.45, 2.75) is 24.4 Å². The van der Waals surface area contributed by atoms with Gasteiger partial charge < -0.3 is 5.32 Å². The molecule has 1 fully saturated rings. The summed E-state index contributed by atoms with van der Waals surface area (Å²) in [4.78, 5) is 11.3. The minimum atomic E-state index is -4.91.